The molecule has 29 heavy (non-hydrogen) atoms. The van der Waals surface area contributed by atoms with Gasteiger partial charge in [0.1, 0.15) is 11.5 Å². The van der Waals surface area contributed by atoms with Gasteiger partial charge in [-0.25, -0.2) is 0 Å². The summed E-state index contributed by atoms with van der Waals surface area (Å²) in [5, 5.41) is 2.96. The van der Waals surface area contributed by atoms with Crippen molar-refractivity contribution in [1.82, 2.24) is 5.32 Å². The Morgan fingerprint density at radius 2 is 2.00 bits per heavy atom. The number of benzene rings is 1. The average molecular weight is 392 g/mol. The zero-order valence-electron chi connectivity index (χ0n) is 17.6. The fourth-order valence-corrected chi connectivity index (χ4v) is 3.24. The first-order valence-corrected chi connectivity index (χ1v) is 9.92. The van der Waals surface area contributed by atoms with E-state index in [9.17, 15) is 4.79 Å². The first-order chi connectivity index (χ1) is 13.8. The monoisotopic (exact) mass is 391 g/mol. The molecule has 0 saturated carbocycles. The van der Waals surface area contributed by atoms with E-state index < -0.39 is 0 Å². The molecule has 4 nitrogen and oxygen atoms in total. The minimum absolute atomic E-state index is 0.0860. The molecule has 1 unspecified atom stereocenters. The standard InChI is InChI=1S/C25H29NO3/c1-6-8-21(22-9-7-14-28-22)26-24(27)23-13-12-20(29-23)16-18-15-19(25(3,4)5)11-10-17(18)2/h6-7,9-15,21H,1,8,16H2,2-5H3,(H,26,27). The normalized spacial score (nSPS) is 12.6. The van der Waals surface area contributed by atoms with Crippen LogP contribution in [0.15, 0.2) is 70.2 Å². The van der Waals surface area contributed by atoms with Crippen molar-refractivity contribution in [3.63, 3.8) is 0 Å². The summed E-state index contributed by atoms with van der Waals surface area (Å²) < 4.78 is 11.3. The van der Waals surface area contributed by atoms with Crippen molar-refractivity contribution in [2.45, 2.75) is 52.0 Å². The Labute approximate surface area is 172 Å². The van der Waals surface area contributed by atoms with Gasteiger partial charge in [-0.15, -0.1) is 6.58 Å². The third-order valence-electron chi connectivity index (χ3n) is 5.06. The first kappa shape index (κ1) is 20.7. The van der Waals surface area contributed by atoms with Crippen LogP contribution in [0.5, 0.6) is 0 Å². The second-order valence-corrected chi connectivity index (χ2v) is 8.40. The number of nitrogens with one attached hydrogen (secondary N) is 1. The minimum Gasteiger partial charge on any atom is -0.467 e. The first-order valence-electron chi connectivity index (χ1n) is 9.92. The zero-order chi connectivity index (χ0) is 21.0. The number of rotatable bonds is 7. The highest BCUT2D eigenvalue weighted by atomic mass is 16.4. The van der Waals surface area contributed by atoms with Gasteiger partial charge in [-0.05, 0) is 59.7 Å². The van der Waals surface area contributed by atoms with E-state index in [2.05, 4.69) is 57.8 Å². The van der Waals surface area contributed by atoms with E-state index in [0.717, 1.165) is 5.76 Å². The lowest BCUT2D eigenvalue weighted by Gasteiger charge is -2.20. The van der Waals surface area contributed by atoms with Crippen LogP contribution in [0.4, 0.5) is 0 Å². The van der Waals surface area contributed by atoms with E-state index in [1.807, 2.05) is 12.1 Å². The van der Waals surface area contributed by atoms with Crippen LogP contribution in [0.25, 0.3) is 0 Å². The minimum atomic E-state index is -0.269. The maximum absolute atomic E-state index is 12.7. The molecule has 0 radical (unpaired) electrons. The summed E-state index contributed by atoms with van der Waals surface area (Å²) in [6.07, 6.45) is 4.57. The molecule has 0 bridgehead atoms. The molecular weight excluding hydrogens is 362 g/mol. The van der Waals surface area contributed by atoms with Gasteiger partial charge in [-0.1, -0.05) is 45.0 Å². The van der Waals surface area contributed by atoms with Gasteiger partial charge >= 0.3 is 0 Å². The van der Waals surface area contributed by atoms with Crippen LogP contribution < -0.4 is 5.32 Å². The predicted molar refractivity (Wildman–Crippen MR) is 115 cm³/mol. The highest BCUT2D eigenvalue weighted by Gasteiger charge is 2.20. The average Bonchev–Trinajstić information content (AvgIpc) is 3.34. The number of carbonyl (C=O) groups is 1. The predicted octanol–water partition coefficient (Wildman–Crippen LogP) is 6.12. The molecule has 2 heterocycles. The summed E-state index contributed by atoms with van der Waals surface area (Å²) in [6.45, 7) is 12.5. The largest absolute Gasteiger partial charge is 0.467 e. The number of furan rings is 2. The van der Waals surface area contributed by atoms with E-state index in [0.29, 0.717) is 24.4 Å². The molecule has 1 aromatic carbocycles. The Kier molecular flexibility index (Phi) is 6.12. The van der Waals surface area contributed by atoms with Crippen molar-refractivity contribution in [1.29, 1.82) is 0 Å². The third kappa shape index (κ3) is 5.08. The van der Waals surface area contributed by atoms with Gasteiger partial charge in [0.25, 0.3) is 5.91 Å². The van der Waals surface area contributed by atoms with Crippen LogP contribution in [0.2, 0.25) is 0 Å². The summed E-state index contributed by atoms with van der Waals surface area (Å²) in [5.74, 6) is 1.49. The molecule has 3 rings (SSSR count). The van der Waals surface area contributed by atoms with Crippen LogP contribution >= 0.6 is 0 Å². The van der Waals surface area contributed by atoms with Gasteiger partial charge in [-0.3, -0.25) is 4.79 Å². The van der Waals surface area contributed by atoms with Crippen molar-refractivity contribution < 1.29 is 13.6 Å². The van der Waals surface area contributed by atoms with E-state index in [-0.39, 0.29) is 17.4 Å². The summed E-state index contributed by atoms with van der Waals surface area (Å²) in [5.41, 5.74) is 3.79. The van der Waals surface area contributed by atoms with Crippen molar-refractivity contribution >= 4 is 5.91 Å². The Morgan fingerprint density at radius 3 is 2.66 bits per heavy atom. The molecule has 2 aromatic heterocycles. The van der Waals surface area contributed by atoms with Gasteiger partial charge < -0.3 is 14.2 Å². The Morgan fingerprint density at radius 1 is 1.21 bits per heavy atom. The maximum Gasteiger partial charge on any atom is 0.287 e. The number of carbonyl (C=O) groups excluding carboxylic acids is 1. The second kappa shape index (κ2) is 8.56. The summed E-state index contributed by atoms with van der Waals surface area (Å²) in [6, 6.07) is 13.5. The van der Waals surface area contributed by atoms with E-state index in [4.69, 9.17) is 8.83 Å². The summed E-state index contributed by atoms with van der Waals surface area (Å²) >= 11 is 0. The van der Waals surface area contributed by atoms with Gasteiger partial charge in [0.2, 0.25) is 0 Å². The molecule has 0 saturated heterocycles. The van der Waals surface area contributed by atoms with E-state index >= 15 is 0 Å². The molecule has 1 amide bonds. The van der Waals surface area contributed by atoms with Crippen molar-refractivity contribution in [2.75, 3.05) is 0 Å². The molecule has 0 fully saturated rings. The van der Waals surface area contributed by atoms with Crippen LogP contribution in [-0.2, 0) is 11.8 Å². The van der Waals surface area contributed by atoms with Crippen molar-refractivity contribution in [3.05, 3.63) is 95.4 Å². The van der Waals surface area contributed by atoms with Crippen LogP contribution in [0, 0.1) is 6.92 Å². The molecule has 1 atom stereocenters. The zero-order valence-corrected chi connectivity index (χ0v) is 17.6. The van der Waals surface area contributed by atoms with Gasteiger partial charge in [0, 0.05) is 6.42 Å². The number of hydrogen-bond acceptors (Lipinski definition) is 3. The van der Waals surface area contributed by atoms with Crippen LogP contribution in [-0.4, -0.2) is 5.91 Å². The van der Waals surface area contributed by atoms with Crippen LogP contribution in [0.1, 0.15) is 72.0 Å². The summed E-state index contributed by atoms with van der Waals surface area (Å²) in [7, 11) is 0. The fraction of sp³-hybridized carbons (Fsp3) is 0.320. The lowest BCUT2D eigenvalue weighted by Crippen LogP contribution is -2.27. The number of hydrogen-bond donors (Lipinski definition) is 1. The van der Waals surface area contributed by atoms with Crippen molar-refractivity contribution in [2.24, 2.45) is 0 Å². The van der Waals surface area contributed by atoms with Gasteiger partial charge in [-0.2, -0.15) is 0 Å². The smallest absolute Gasteiger partial charge is 0.287 e. The van der Waals surface area contributed by atoms with E-state index in [1.54, 1.807) is 24.5 Å². The molecule has 152 valence electrons. The third-order valence-corrected chi connectivity index (χ3v) is 5.06. The number of amides is 1. The Hall–Kier alpha value is -3.01. The molecule has 0 aliphatic heterocycles. The van der Waals surface area contributed by atoms with Crippen LogP contribution in [0.3, 0.4) is 0 Å². The Bertz CT molecular complexity index is 974. The molecule has 0 spiro atoms. The molecule has 3 aromatic rings. The second-order valence-electron chi connectivity index (χ2n) is 8.40. The van der Waals surface area contributed by atoms with Gasteiger partial charge in [0.05, 0.1) is 12.3 Å². The van der Waals surface area contributed by atoms with Gasteiger partial charge in [0.15, 0.2) is 5.76 Å². The molecule has 0 aliphatic rings. The van der Waals surface area contributed by atoms with E-state index in [1.165, 1.54) is 16.7 Å². The molecule has 1 N–H and O–H groups in total. The Balaban J connectivity index is 1.74. The number of aryl methyl sites for hydroxylation is 1. The highest BCUT2D eigenvalue weighted by Crippen LogP contribution is 2.26. The summed E-state index contributed by atoms with van der Waals surface area (Å²) in [4.78, 5) is 12.7. The molecule has 4 heteroatoms. The fourth-order valence-electron chi connectivity index (χ4n) is 3.24. The maximum atomic E-state index is 12.7. The quantitative estimate of drug-likeness (QED) is 0.494. The van der Waals surface area contributed by atoms with Crippen molar-refractivity contribution in [3.8, 4) is 0 Å². The highest BCUT2D eigenvalue weighted by molar-refractivity contribution is 5.91. The topological polar surface area (TPSA) is 55.4 Å². The molecule has 0 aliphatic carbocycles. The molecular formula is C25H29NO3. The SMILES string of the molecule is C=CCC(NC(=O)c1ccc(Cc2cc(C(C)(C)C)ccc2C)o1)c1ccco1. The lowest BCUT2D eigenvalue weighted by molar-refractivity contribution is 0.0902. The lowest BCUT2D eigenvalue weighted by atomic mass is 9.85.